The highest BCUT2D eigenvalue weighted by Gasteiger charge is 2.38. The third-order valence-corrected chi connectivity index (χ3v) is 8.51. The number of para-hydroxylation sites is 1. The molecule has 0 amide bonds. The second-order valence-electron chi connectivity index (χ2n) is 8.11. The summed E-state index contributed by atoms with van der Waals surface area (Å²) in [5.41, 5.74) is 4.56. The van der Waals surface area contributed by atoms with E-state index in [0.29, 0.717) is 16.5 Å². The van der Waals surface area contributed by atoms with Gasteiger partial charge in [-0.2, -0.15) is 0 Å². The maximum atomic E-state index is 13.2. The highest BCUT2D eigenvalue weighted by molar-refractivity contribution is 7.92. The van der Waals surface area contributed by atoms with Crippen molar-refractivity contribution in [2.75, 3.05) is 10.0 Å². The molecule has 0 bridgehead atoms. The Labute approximate surface area is 181 Å². The van der Waals surface area contributed by atoms with Gasteiger partial charge in [-0.25, -0.2) is 8.42 Å². The lowest BCUT2D eigenvalue weighted by molar-refractivity contribution is 0.429. The van der Waals surface area contributed by atoms with Gasteiger partial charge in [-0.15, -0.1) is 11.3 Å². The molecule has 0 radical (unpaired) electrons. The topological polar surface area (TPSA) is 58.2 Å². The molecule has 3 aromatic rings. The van der Waals surface area contributed by atoms with E-state index in [9.17, 15) is 8.42 Å². The Morgan fingerprint density at radius 2 is 1.87 bits per heavy atom. The number of allylic oxidation sites excluding steroid dienone is 2. The van der Waals surface area contributed by atoms with Gasteiger partial charge in [-0.1, -0.05) is 36.4 Å². The van der Waals surface area contributed by atoms with E-state index in [1.165, 1.54) is 4.88 Å². The molecule has 3 unspecified atom stereocenters. The van der Waals surface area contributed by atoms with Crippen LogP contribution in [0.4, 0.5) is 11.4 Å². The minimum atomic E-state index is -3.68. The second kappa shape index (κ2) is 7.29. The standard InChI is InChI=1S/C24H24N2O2S2/c1-15-6-3-7-16(2)23(15)26-30(27,28)17-11-12-21-20(14-17)18-8-4-9-19(18)24(25-21)22-10-5-13-29-22/h3-8,10-14,18-19,24-26H,9H2,1-2H3. The minimum absolute atomic E-state index is 0.226. The van der Waals surface area contributed by atoms with Crippen molar-refractivity contribution in [3.8, 4) is 0 Å². The summed E-state index contributed by atoms with van der Waals surface area (Å²) in [6.07, 6.45) is 5.46. The van der Waals surface area contributed by atoms with Crippen LogP contribution in [-0.2, 0) is 10.0 Å². The maximum Gasteiger partial charge on any atom is 0.261 e. The molecule has 0 spiro atoms. The van der Waals surface area contributed by atoms with Crippen LogP contribution in [0.2, 0.25) is 0 Å². The van der Waals surface area contributed by atoms with Gasteiger partial charge in [0.05, 0.1) is 16.6 Å². The number of rotatable bonds is 4. The predicted octanol–water partition coefficient (Wildman–Crippen LogP) is 5.99. The van der Waals surface area contributed by atoms with Crippen LogP contribution in [0.5, 0.6) is 0 Å². The van der Waals surface area contributed by atoms with Crippen molar-refractivity contribution >= 4 is 32.7 Å². The molecule has 2 aromatic carbocycles. The van der Waals surface area contributed by atoms with Crippen LogP contribution in [0, 0.1) is 19.8 Å². The molecule has 0 saturated heterocycles. The molecule has 1 aliphatic heterocycles. The van der Waals surface area contributed by atoms with Crippen molar-refractivity contribution in [3.63, 3.8) is 0 Å². The van der Waals surface area contributed by atoms with Crippen LogP contribution in [0.3, 0.4) is 0 Å². The summed E-state index contributed by atoms with van der Waals surface area (Å²) in [5.74, 6) is 0.629. The normalized spacial score (nSPS) is 22.3. The molecule has 4 nitrogen and oxygen atoms in total. The van der Waals surface area contributed by atoms with Gasteiger partial charge in [0.1, 0.15) is 0 Å². The fourth-order valence-electron chi connectivity index (χ4n) is 4.66. The van der Waals surface area contributed by atoms with Gasteiger partial charge in [0.2, 0.25) is 0 Å². The fraction of sp³-hybridized carbons (Fsp3) is 0.250. The first-order valence-electron chi connectivity index (χ1n) is 10.1. The Kier molecular flexibility index (Phi) is 4.71. The number of anilines is 2. The molecule has 2 heterocycles. The largest absolute Gasteiger partial charge is 0.377 e. The van der Waals surface area contributed by atoms with E-state index in [-0.39, 0.29) is 12.0 Å². The first-order valence-corrected chi connectivity index (χ1v) is 12.5. The van der Waals surface area contributed by atoms with E-state index in [2.05, 4.69) is 39.7 Å². The molecule has 1 aliphatic carbocycles. The molecule has 6 heteroatoms. The number of nitrogens with one attached hydrogen (secondary N) is 2. The number of aryl methyl sites for hydroxylation is 2. The van der Waals surface area contributed by atoms with Crippen LogP contribution >= 0.6 is 11.3 Å². The van der Waals surface area contributed by atoms with Crippen LogP contribution < -0.4 is 10.0 Å². The quantitative estimate of drug-likeness (QED) is 0.494. The van der Waals surface area contributed by atoms with Crippen molar-refractivity contribution in [1.82, 2.24) is 0 Å². The smallest absolute Gasteiger partial charge is 0.261 e. The average Bonchev–Trinajstić information content (AvgIpc) is 3.42. The number of hydrogen-bond donors (Lipinski definition) is 2. The molecule has 5 rings (SSSR count). The molecule has 30 heavy (non-hydrogen) atoms. The zero-order chi connectivity index (χ0) is 20.9. The van der Waals surface area contributed by atoms with Crippen molar-refractivity contribution in [3.05, 3.63) is 87.6 Å². The molecule has 3 atom stereocenters. The highest BCUT2D eigenvalue weighted by Crippen LogP contribution is 2.50. The monoisotopic (exact) mass is 436 g/mol. The second-order valence-corrected chi connectivity index (χ2v) is 10.8. The summed E-state index contributed by atoms with van der Waals surface area (Å²) in [6, 6.07) is 15.7. The van der Waals surface area contributed by atoms with Crippen LogP contribution in [-0.4, -0.2) is 8.42 Å². The summed E-state index contributed by atoms with van der Waals surface area (Å²) in [7, 11) is -3.68. The predicted molar refractivity (Wildman–Crippen MR) is 124 cm³/mol. The van der Waals surface area contributed by atoms with Gasteiger partial charge in [0.15, 0.2) is 0 Å². The number of thiophene rings is 1. The van der Waals surface area contributed by atoms with Crippen LogP contribution in [0.25, 0.3) is 0 Å². The first-order chi connectivity index (χ1) is 14.4. The van der Waals surface area contributed by atoms with Gasteiger partial charge in [0.25, 0.3) is 10.0 Å². The lowest BCUT2D eigenvalue weighted by Crippen LogP contribution is -2.28. The van der Waals surface area contributed by atoms with Crippen molar-refractivity contribution in [2.45, 2.75) is 37.1 Å². The van der Waals surface area contributed by atoms with Gasteiger partial charge < -0.3 is 5.32 Å². The maximum absolute atomic E-state index is 13.2. The lowest BCUT2D eigenvalue weighted by Gasteiger charge is -2.37. The Balaban J connectivity index is 1.52. The van der Waals surface area contributed by atoms with E-state index in [0.717, 1.165) is 28.8 Å². The molecule has 2 aliphatic rings. The van der Waals surface area contributed by atoms with E-state index < -0.39 is 10.0 Å². The Bertz CT molecular complexity index is 1210. The van der Waals surface area contributed by atoms with Gasteiger partial charge in [-0.05, 0) is 72.5 Å². The van der Waals surface area contributed by atoms with Gasteiger partial charge in [0, 0.05) is 16.5 Å². The number of hydrogen-bond acceptors (Lipinski definition) is 4. The molecule has 0 fully saturated rings. The molecule has 2 N–H and O–H groups in total. The minimum Gasteiger partial charge on any atom is -0.377 e. The van der Waals surface area contributed by atoms with E-state index in [4.69, 9.17) is 0 Å². The summed E-state index contributed by atoms with van der Waals surface area (Å²) in [4.78, 5) is 1.63. The lowest BCUT2D eigenvalue weighted by atomic mass is 9.79. The third kappa shape index (κ3) is 3.24. The molecular formula is C24H24N2O2S2. The average molecular weight is 437 g/mol. The van der Waals surface area contributed by atoms with Crippen molar-refractivity contribution in [1.29, 1.82) is 0 Å². The summed E-state index contributed by atoms with van der Waals surface area (Å²) < 4.78 is 29.2. The van der Waals surface area contributed by atoms with Crippen molar-refractivity contribution < 1.29 is 8.42 Å². The van der Waals surface area contributed by atoms with E-state index in [1.807, 2.05) is 44.2 Å². The summed E-state index contributed by atoms with van der Waals surface area (Å²) in [5, 5.41) is 5.78. The molecule has 1 aromatic heterocycles. The van der Waals surface area contributed by atoms with E-state index >= 15 is 0 Å². The SMILES string of the molecule is Cc1cccc(C)c1NS(=O)(=O)c1ccc2c(c1)C1C=CCC1C(c1cccs1)N2. The third-order valence-electron chi connectivity index (χ3n) is 6.21. The Hall–Kier alpha value is -2.57. The number of sulfonamides is 1. The summed E-state index contributed by atoms with van der Waals surface area (Å²) in [6.45, 7) is 3.83. The van der Waals surface area contributed by atoms with Gasteiger partial charge >= 0.3 is 0 Å². The zero-order valence-corrected chi connectivity index (χ0v) is 18.6. The Morgan fingerprint density at radius 1 is 1.07 bits per heavy atom. The fourth-order valence-corrected chi connectivity index (χ4v) is 6.75. The van der Waals surface area contributed by atoms with Crippen LogP contribution in [0.15, 0.2) is 71.0 Å². The zero-order valence-electron chi connectivity index (χ0n) is 16.9. The van der Waals surface area contributed by atoms with E-state index in [1.54, 1.807) is 17.4 Å². The molecule has 0 saturated carbocycles. The summed E-state index contributed by atoms with van der Waals surface area (Å²) >= 11 is 1.77. The highest BCUT2D eigenvalue weighted by atomic mass is 32.2. The van der Waals surface area contributed by atoms with Crippen molar-refractivity contribution in [2.24, 2.45) is 5.92 Å². The van der Waals surface area contributed by atoms with Gasteiger partial charge in [-0.3, -0.25) is 4.72 Å². The number of fused-ring (bicyclic) bond motifs is 3. The Morgan fingerprint density at radius 3 is 2.60 bits per heavy atom. The number of benzene rings is 2. The van der Waals surface area contributed by atoms with Crippen LogP contribution in [0.1, 0.15) is 39.9 Å². The molecular weight excluding hydrogens is 412 g/mol. The molecule has 154 valence electrons. The first kappa shape index (κ1) is 19.4.